The van der Waals surface area contributed by atoms with Crippen LogP contribution in [0.2, 0.25) is 0 Å². The molecule has 64 valence electrons. The Morgan fingerprint density at radius 2 is 2.08 bits per heavy atom. The molecule has 1 rings (SSSR count). The molecule has 0 aromatic rings. The van der Waals surface area contributed by atoms with Gasteiger partial charge in [0.1, 0.15) is 0 Å². The van der Waals surface area contributed by atoms with E-state index in [1.165, 1.54) is 0 Å². The second kappa shape index (κ2) is 4.85. The van der Waals surface area contributed by atoms with Crippen molar-refractivity contribution in [3.8, 4) is 0 Å². The summed E-state index contributed by atoms with van der Waals surface area (Å²) in [6, 6.07) is 0. The van der Waals surface area contributed by atoms with Crippen molar-refractivity contribution in [2.75, 3.05) is 0 Å². The van der Waals surface area contributed by atoms with Crippen LogP contribution >= 0.6 is 0 Å². The summed E-state index contributed by atoms with van der Waals surface area (Å²) in [5.41, 5.74) is 3.83. The number of carboxylic acid groups (broad SMARTS) is 2. The first-order valence-corrected chi connectivity index (χ1v) is 2.86. The van der Waals surface area contributed by atoms with Crippen LogP contribution < -0.4 is 45.5 Å². The SMILES string of the molecule is O=C([O-])C1=CN=C(C(=O)O)NN1.[Na+]. The maximum absolute atomic E-state index is 10.2. The molecule has 0 fully saturated rings. The van der Waals surface area contributed by atoms with Gasteiger partial charge in [0.05, 0.1) is 17.9 Å². The summed E-state index contributed by atoms with van der Waals surface area (Å²) >= 11 is 0. The molecular weight excluding hydrogens is 189 g/mol. The van der Waals surface area contributed by atoms with Crippen LogP contribution in [-0.4, -0.2) is 22.9 Å². The second-order valence-electron chi connectivity index (χ2n) is 1.86. The van der Waals surface area contributed by atoms with Crippen molar-refractivity contribution in [2.45, 2.75) is 0 Å². The molecule has 1 aliphatic rings. The molecule has 0 aromatic carbocycles. The Morgan fingerprint density at radius 3 is 2.38 bits per heavy atom. The van der Waals surface area contributed by atoms with E-state index >= 15 is 0 Å². The van der Waals surface area contributed by atoms with Crippen LogP contribution in [0.5, 0.6) is 0 Å². The molecule has 0 bridgehead atoms. The topological polar surface area (TPSA) is 114 Å². The molecule has 0 aliphatic carbocycles. The van der Waals surface area contributed by atoms with Crippen molar-refractivity contribution in [2.24, 2.45) is 4.99 Å². The molecule has 0 radical (unpaired) electrons. The number of carbonyl (C=O) groups is 2. The van der Waals surface area contributed by atoms with Crippen molar-refractivity contribution in [1.82, 2.24) is 10.9 Å². The molecular formula is C5H4N3NaO4. The molecule has 3 N–H and O–H groups in total. The van der Waals surface area contributed by atoms with Crippen LogP contribution in [0, 0.1) is 0 Å². The van der Waals surface area contributed by atoms with Crippen LogP contribution in [0.3, 0.4) is 0 Å². The molecule has 8 heteroatoms. The molecule has 1 heterocycles. The van der Waals surface area contributed by atoms with Gasteiger partial charge in [-0.3, -0.25) is 10.9 Å². The van der Waals surface area contributed by atoms with Crippen LogP contribution in [0.1, 0.15) is 0 Å². The number of amidine groups is 1. The van der Waals surface area contributed by atoms with Gasteiger partial charge in [0.15, 0.2) is 0 Å². The average Bonchev–Trinajstić information content (AvgIpc) is 2.04. The minimum absolute atomic E-state index is 0. The molecule has 0 aromatic heterocycles. The molecule has 7 nitrogen and oxygen atoms in total. The number of rotatable bonds is 2. The molecule has 0 atom stereocenters. The number of hydrogen-bond donors (Lipinski definition) is 3. The predicted octanol–water partition coefficient (Wildman–Crippen LogP) is -5.83. The fourth-order valence-electron chi connectivity index (χ4n) is 0.533. The number of hydrogen-bond acceptors (Lipinski definition) is 6. The summed E-state index contributed by atoms with van der Waals surface area (Å²) in [7, 11) is 0. The fourth-order valence-corrected chi connectivity index (χ4v) is 0.533. The van der Waals surface area contributed by atoms with E-state index in [-0.39, 0.29) is 41.1 Å². The van der Waals surface area contributed by atoms with Gasteiger partial charge in [-0.2, -0.15) is 0 Å². The van der Waals surface area contributed by atoms with Crippen LogP contribution in [0.25, 0.3) is 0 Å². The summed E-state index contributed by atoms with van der Waals surface area (Å²) in [5.74, 6) is -3.12. The smallest absolute Gasteiger partial charge is 0.543 e. The summed E-state index contributed by atoms with van der Waals surface area (Å²) in [5, 5.41) is 18.5. The zero-order valence-corrected chi connectivity index (χ0v) is 8.70. The zero-order valence-electron chi connectivity index (χ0n) is 6.70. The Labute approximate surface area is 94.8 Å². The van der Waals surface area contributed by atoms with E-state index in [4.69, 9.17) is 5.11 Å². The van der Waals surface area contributed by atoms with E-state index in [0.717, 1.165) is 6.20 Å². The van der Waals surface area contributed by atoms with E-state index in [1.807, 2.05) is 0 Å². The van der Waals surface area contributed by atoms with Crippen molar-refractivity contribution < 1.29 is 49.4 Å². The summed E-state index contributed by atoms with van der Waals surface area (Å²) in [4.78, 5) is 23.6. The maximum atomic E-state index is 10.2. The number of carbonyl (C=O) groups excluding carboxylic acids is 1. The Balaban J connectivity index is 0.00000144. The number of hydrazine groups is 1. The molecule has 13 heavy (non-hydrogen) atoms. The number of aliphatic carboxylic acids is 2. The standard InChI is InChI=1S/C5H5N3O4.Na/c9-4(10)2-1-6-3(5(11)12)8-7-2;/h1,7H,(H,6,8)(H,9,10)(H,11,12);/q;+1/p-1. The zero-order chi connectivity index (χ0) is 9.14. The number of nitrogens with one attached hydrogen (secondary N) is 2. The van der Waals surface area contributed by atoms with Crippen molar-refractivity contribution in [3.05, 3.63) is 11.9 Å². The second-order valence-corrected chi connectivity index (χ2v) is 1.86. The largest absolute Gasteiger partial charge is 1.00 e. The van der Waals surface area contributed by atoms with Gasteiger partial charge in [-0.1, -0.05) is 0 Å². The Bertz CT molecular complexity index is 268. The summed E-state index contributed by atoms with van der Waals surface area (Å²) < 4.78 is 0. The molecule has 0 saturated heterocycles. The van der Waals surface area contributed by atoms with Gasteiger partial charge in [0, 0.05) is 0 Å². The first kappa shape index (κ1) is 11.9. The molecule has 0 spiro atoms. The van der Waals surface area contributed by atoms with Crippen molar-refractivity contribution in [1.29, 1.82) is 0 Å². The summed E-state index contributed by atoms with van der Waals surface area (Å²) in [6.07, 6.45) is 0.856. The van der Waals surface area contributed by atoms with Gasteiger partial charge in [0.25, 0.3) is 0 Å². The van der Waals surface area contributed by atoms with Gasteiger partial charge in [-0.25, -0.2) is 9.79 Å². The van der Waals surface area contributed by atoms with E-state index in [9.17, 15) is 14.7 Å². The number of nitrogens with zero attached hydrogens (tertiary/aromatic N) is 1. The van der Waals surface area contributed by atoms with Crippen LogP contribution in [-0.2, 0) is 9.59 Å². The van der Waals surface area contributed by atoms with Crippen LogP contribution in [0.4, 0.5) is 0 Å². The van der Waals surface area contributed by atoms with Gasteiger partial charge < -0.3 is 15.0 Å². The van der Waals surface area contributed by atoms with Gasteiger partial charge in [0.2, 0.25) is 5.84 Å². The van der Waals surface area contributed by atoms with Crippen LogP contribution in [0.15, 0.2) is 16.9 Å². The van der Waals surface area contributed by atoms with Gasteiger partial charge in [-0.15, -0.1) is 0 Å². The molecule has 0 saturated carbocycles. The van der Waals surface area contributed by atoms with Crippen molar-refractivity contribution >= 4 is 17.8 Å². The predicted molar refractivity (Wildman–Crippen MR) is 34.4 cm³/mol. The third kappa shape index (κ3) is 3.05. The van der Waals surface area contributed by atoms with E-state index in [0.29, 0.717) is 0 Å². The monoisotopic (exact) mass is 193 g/mol. The minimum atomic E-state index is -1.46. The Hall–Kier alpha value is -1.05. The first-order valence-electron chi connectivity index (χ1n) is 2.86. The maximum Gasteiger partial charge on any atom is 1.00 e. The Morgan fingerprint density at radius 1 is 1.46 bits per heavy atom. The third-order valence-corrected chi connectivity index (χ3v) is 1.06. The molecule has 1 aliphatic heterocycles. The van der Waals surface area contributed by atoms with E-state index in [2.05, 4.69) is 15.8 Å². The average molecular weight is 193 g/mol. The summed E-state index contributed by atoms with van der Waals surface area (Å²) in [6.45, 7) is 0. The van der Waals surface area contributed by atoms with E-state index < -0.39 is 11.9 Å². The quantitative estimate of drug-likeness (QED) is 0.376. The molecule has 0 unspecified atom stereocenters. The Kier molecular flexibility index (Phi) is 4.46. The number of carboxylic acids is 2. The third-order valence-electron chi connectivity index (χ3n) is 1.06. The first-order chi connectivity index (χ1) is 5.61. The number of aliphatic imine (C=N–C) groups is 1. The van der Waals surface area contributed by atoms with Gasteiger partial charge >= 0.3 is 35.5 Å². The normalized spacial score (nSPS) is 13.8. The fraction of sp³-hybridized carbons (Fsp3) is 0. The van der Waals surface area contributed by atoms with E-state index in [1.54, 1.807) is 0 Å². The van der Waals surface area contributed by atoms with Gasteiger partial charge in [-0.05, 0) is 0 Å². The minimum Gasteiger partial charge on any atom is -0.543 e. The molecule has 0 amide bonds. The van der Waals surface area contributed by atoms with Crippen molar-refractivity contribution in [3.63, 3.8) is 0 Å².